The second kappa shape index (κ2) is 3.35. The zero-order valence-corrected chi connectivity index (χ0v) is 7.34. The molecule has 0 radical (unpaired) electrons. The first kappa shape index (κ1) is 7.91. The van der Waals surface area contributed by atoms with E-state index in [1.165, 1.54) is 11.5 Å². The summed E-state index contributed by atoms with van der Waals surface area (Å²) in [5, 5.41) is 14.4. The summed E-state index contributed by atoms with van der Waals surface area (Å²) in [6.45, 7) is 1.45. The van der Waals surface area contributed by atoms with Gasteiger partial charge in [-0.3, -0.25) is 0 Å². The number of aromatic nitrogens is 1. The van der Waals surface area contributed by atoms with Gasteiger partial charge in [-0.05, 0) is 29.2 Å². The minimum atomic E-state index is -0.365. The van der Waals surface area contributed by atoms with Crippen LogP contribution in [-0.2, 0) is 0 Å². The smallest absolute Gasteiger partial charge is 0.0852 e. The van der Waals surface area contributed by atoms with Crippen LogP contribution < -0.4 is 5.32 Å². The number of hydrogen-bond acceptors (Lipinski definition) is 4. The molecule has 3 nitrogen and oxygen atoms in total. The van der Waals surface area contributed by atoms with Gasteiger partial charge in [0.1, 0.15) is 0 Å². The Kier molecular flexibility index (Phi) is 2.21. The number of aliphatic hydroxyl groups excluding tert-OH is 1. The van der Waals surface area contributed by atoms with Crippen LogP contribution in [0.3, 0.4) is 0 Å². The van der Waals surface area contributed by atoms with Gasteiger partial charge in [-0.15, -0.1) is 0 Å². The standard InChI is InChI=1S/C8H10N2OS/c11-7-3-6(4-9-5-7)8-1-2-12-10-8/h1-3,7,9,11H,4-5H2. The molecule has 2 N–H and O–H groups in total. The number of β-amino-alcohol motifs (C(OH)–C–C–N with tert-alkyl or cyclic N) is 1. The maximum Gasteiger partial charge on any atom is 0.0852 e. The fourth-order valence-electron chi connectivity index (χ4n) is 1.26. The van der Waals surface area contributed by atoms with Gasteiger partial charge >= 0.3 is 0 Å². The Morgan fingerprint density at radius 1 is 1.67 bits per heavy atom. The molecule has 0 aliphatic carbocycles. The minimum absolute atomic E-state index is 0.365. The second-order valence-corrected chi connectivity index (χ2v) is 3.44. The Morgan fingerprint density at radius 3 is 3.25 bits per heavy atom. The van der Waals surface area contributed by atoms with Gasteiger partial charge in [0, 0.05) is 18.5 Å². The SMILES string of the molecule is OC1C=C(c2ccsn2)CNC1. The fraction of sp³-hybridized carbons (Fsp3) is 0.375. The van der Waals surface area contributed by atoms with E-state index < -0.39 is 0 Å². The Labute approximate surface area is 74.9 Å². The predicted octanol–water partition coefficient (Wildman–Crippen LogP) is 0.491. The largest absolute Gasteiger partial charge is 0.388 e. The molecule has 2 heterocycles. The first-order chi connectivity index (χ1) is 5.86. The normalized spacial score (nSPS) is 23.8. The van der Waals surface area contributed by atoms with Crippen LogP contribution in [0.4, 0.5) is 0 Å². The van der Waals surface area contributed by atoms with Crippen LogP contribution in [0.2, 0.25) is 0 Å². The van der Waals surface area contributed by atoms with Crippen LogP contribution in [0.1, 0.15) is 5.69 Å². The van der Waals surface area contributed by atoms with Gasteiger partial charge in [0.25, 0.3) is 0 Å². The van der Waals surface area contributed by atoms with Crippen molar-refractivity contribution in [2.24, 2.45) is 0 Å². The first-order valence-corrected chi connectivity index (χ1v) is 4.70. The van der Waals surface area contributed by atoms with Crippen LogP contribution in [0.15, 0.2) is 17.5 Å². The quantitative estimate of drug-likeness (QED) is 0.664. The second-order valence-electron chi connectivity index (χ2n) is 2.77. The van der Waals surface area contributed by atoms with Gasteiger partial charge in [0.2, 0.25) is 0 Å². The number of nitrogens with zero attached hydrogens (tertiary/aromatic N) is 1. The third-order valence-electron chi connectivity index (χ3n) is 1.83. The summed E-state index contributed by atoms with van der Waals surface area (Å²) in [6.07, 6.45) is 1.50. The minimum Gasteiger partial charge on any atom is -0.388 e. The average Bonchev–Trinajstić information content (AvgIpc) is 2.56. The summed E-state index contributed by atoms with van der Waals surface area (Å²) in [5.74, 6) is 0. The van der Waals surface area contributed by atoms with Crippen LogP contribution in [0.5, 0.6) is 0 Å². The van der Waals surface area contributed by atoms with Crippen molar-refractivity contribution in [2.75, 3.05) is 13.1 Å². The highest BCUT2D eigenvalue weighted by Gasteiger charge is 2.12. The molecule has 1 aliphatic heterocycles. The Morgan fingerprint density at radius 2 is 2.58 bits per heavy atom. The van der Waals surface area contributed by atoms with E-state index in [-0.39, 0.29) is 6.10 Å². The average molecular weight is 182 g/mol. The lowest BCUT2D eigenvalue weighted by Gasteiger charge is -2.16. The van der Waals surface area contributed by atoms with Gasteiger partial charge in [0.15, 0.2) is 0 Å². The first-order valence-electron chi connectivity index (χ1n) is 3.86. The van der Waals surface area contributed by atoms with Gasteiger partial charge in [0.05, 0.1) is 11.8 Å². The van der Waals surface area contributed by atoms with Crippen molar-refractivity contribution in [2.45, 2.75) is 6.10 Å². The van der Waals surface area contributed by atoms with Crippen molar-refractivity contribution in [1.82, 2.24) is 9.69 Å². The Balaban J connectivity index is 2.23. The van der Waals surface area contributed by atoms with Crippen molar-refractivity contribution in [3.05, 3.63) is 23.2 Å². The molecule has 2 rings (SSSR count). The zero-order chi connectivity index (χ0) is 8.39. The summed E-state index contributed by atoms with van der Waals surface area (Å²) in [7, 11) is 0. The highest BCUT2D eigenvalue weighted by molar-refractivity contribution is 7.03. The lowest BCUT2D eigenvalue weighted by Crippen LogP contribution is -2.31. The summed E-state index contributed by atoms with van der Waals surface area (Å²) in [4.78, 5) is 0. The molecule has 12 heavy (non-hydrogen) atoms. The zero-order valence-electron chi connectivity index (χ0n) is 6.53. The van der Waals surface area contributed by atoms with E-state index in [1.807, 2.05) is 17.5 Å². The van der Waals surface area contributed by atoms with Gasteiger partial charge in [-0.25, -0.2) is 0 Å². The van der Waals surface area contributed by atoms with Crippen LogP contribution in [0, 0.1) is 0 Å². The van der Waals surface area contributed by atoms with Crippen LogP contribution in [-0.4, -0.2) is 28.7 Å². The molecule has 1 atom stereocenters. The molecular formula is C8H10N2OS. The number of rotatable bonds is 1. The number of hydrogen-bond donors (Lipinski definition) is 2. The maximum absolute atomic E-state index is 9.32. The molecule has 4 heteroatoms. The van der Waals surface area contributed by atoms with E-state index in [0.717, 1.165) is 17.8 Å². The van der Waals surface area contributed by atoms with Crippen molar-refractivity contribution >= 4 is 17.1 Å². The van der Waals surface area contributed by atoms with E-state index in [0.29, 0.717) is 6.54 Å². The Bertz CT molecular complexity index is 281. The molecule has 1 unspecified atom stereocenters. The Hall–Kier alpha value is -0.710. The molecule has 1 aliphatic rings. The predicted molar refractivity (Wildman–Crippen MR) is 49.0 cm³/mol. The van der Waals surface area contributed by atoms with Crippen molar-refractivity contribution in [1.29, 1.82) is 0 Å². The maximum atomic E-state index is 9.32. The molecule has 0 bridgehead atoms. The van der Waals surface area contributed by atoms with Crippen LogP contribution >= 0.6 is 11.5 Å². The lowest BCUT2D eigenvalue weighted by atomic mass is 10.1. The van der Waals surface area contributed by atoms with Crippen molar-refractivity contribution in [3.63, 3.8) is 0 Å². The molecular weight excluding hydrogens is 172 g/mol. The molecule has 0 fully saturated rings. The van der Waals surface area contributed by atoms with Gasteiger partial charge in [-0.2, -0.15) is 4.37 Å². The summed E-state index contributed by atoms with van der Waals surface area (Å²) < 4.78 is 4.20. The molecule has 64 valence electrons. The third-order valence-corrected chi connectivity index (χ3v) is 2.39. The van der Waals surface area contributed by atoms with Gasteiger partial charge < -0.3 is 10.4 Å². The highest BCUT2D eigenvalue weighted by atomic mass is 32.1. The van der Waals surface area contributed by atoms with E-state index in [1.54, 1.807) is 0 Å². The molecule has 0 amide bonds. The molecule has 0 saturated heterocycles. The van der Waals surface area contributed by atoms with Crippen molar-refractivity contribution < 1.29 is 5.11 Å². The molecule has 0 spiro atoms. The van der Waals surface area contributed by atoms with E-state index >= 15 is 0 Å². The number of aliphatic hydroxyl groups is 1. The molecule has 0 aromatic carbocycles. The van der Waals surface area contributed by atoms with E-state index in [4.69, 9.17) is 0 Å². The van der Waals surface area contributed by atoms with Crippen molar-refractivity contribution in [3.8, 4) is 0 Å². The molecule has 1 aromatic heterocycles. The monoisotopic (exact) mass is 182 g/mol. The summed E-state index contributed by atoms with van der Waals surface area (Å²) in [6, 6.07) is 1.97. The fourth-order valence-corrected chi connectivity index (χ4v) is 1.80. The summed E-state index contributed by atoms with van der Waals surface area (Å²) >= 11 is 1.43. The topological polar surface area (TPSA) is 45.2 Å². The summed E-state index contributed by atoms with van der Waals surface area (Å²) in [5.41, 5.74) is 2.07. The van der Waals surface area contributed by atoms with Crippen LogP contribution in [0.25, 0.3) is 5.57 Å². The highest BCUT2D eigenvalue weighted by Crippen LogP contribution is 2.15. The van der Waals surface area contributed by atoms with Gasteiger partial charge in [-0.1, -0.05) is 0 Å². The lowest BCUT2D eigenvalue weighted by molar-refractivity contribution is 0.217. The molecule has 1 aromatic rings. The van der Waals surface area contributed by atoms with E-state index in [2.05, 4.69) is 9.69 Å². The van der Waals surface area contributed by atoms with E-state index in [9.17, 15) is 5.11 Å². The molecule has 0 saturated carbocycles. The third kappa shape index (κ3) is 1.55. The number of nitrogens with one attached hydrogen (secondary N) is 1.